The van der Waals surface area contributed by atoms with E-state index in [1.807, 2.05) is 30.3 Å². The highest BCUT2D eigenvalue weighted by Gasteiger charge is 2.47. The molecular weight excluding hydrogens is 218 g/mol. The Bertz CT molecular complexity index is 385. The van der Waals surface area contributed by atoms with Crippen molar-refractivity contribution in [1.82, 2.24) is 0 Å². The predicted molar refractivity (Wildman–Crippen MR) is 63.4 cm³/mol. The number of nitrogens with two attached hydrogens (primary N) is 1. The lowest BCUT2D eigenvalue weighted by atomic mass is 9.69. The molecule has 0 atom stereocenters. The fourth-order valence-electron chi connectivity index (χ4n) is 2.18. The van der Waals surface area contributed by atoms with E-state index in [1.54, 1.807) is 0 Å². The molecule has 0 aliphatic heterocycles. The van der Waals surface area contributed by atoms with Crippen molar-refractivity contribution < 1.29 is 14.6 Å². The molecule has 0 radical (unpaired) electrons. The number of hydrogen-bond donors (Lipinski definition) is 2. The topological polar surface area (TPSA) is 72.6 Å². The van der Waals surface area contributed by atoms with Gasteiger partial charge in [0.05, 0.1) is 13.2 Å². The third kappa shape index (κ3) is 2.84. The van der Waals surface area contributed by atoms with E-state index in [9.17, 15) is 4.79 Å². The van der Waals surface area contributed by atoms with E-state index in [0.29, 0.717) is 26.1 Å². The van der Waals surface area contributed by atoms with Crippen LogP contribution in [0.15, 0.2) is 30.3 Å². The van der Waals surface area contributed by atoms with E-state index < -0.39 is 11.5 Å². The summed E-state index contributed by atoms with van der Waals surface area (Å²) in [6.45, 7) is 1.16. The molecule has 92 valence electrons. The Hall–Kier alpha value is -1.39. The molecule has 2 rings (SSSR count). The van der Waals surface area contributed by atoms with E-state index in [2.05, 4.69) is 0 Å². The Morgan fingerprint density at radius 1 is 1.41 bits per heavy atom. The van der Waals surface area contributed by atoms with Crippen molar-refractivity contribution in [3.63, 3.8) is 0 Å². The fraction of sp³-hybridized carbons (Fsp3) is 0.462. The van der Waals surface area contributed by atoms with Gasteiger partial charge < -0.3 is 15.6 Å². The summed E-state index contributed by atoms with van der Waals surface area (Å²) in [4.78, 5) is 10.8. The average molecular weight is 235 g/mol. The van der Waals surface area contributed by atoms with Crippen molar-refractivity contribution >= 4 is 5.97 Å². The van der Waals surface area contributed by atoms with E-state index in [-0.39, 0.29) is 5.92 Å². The SMILES string of the molecule is N[C@]1(C(=O)O)C[C@H](COCc2ccccc2)C1. The predicted octanol–water partition coefficient (Wildman–Crippen LogP) is 1.40. The first-order chi connectivity index (χ1) is 8.10. The zero-order valence-corrected chi connectivity index (χ0v) is 9.63. The van der Waals surface area contributed by atoms with Crippen molar-refractivity contribution in [3.05, 3.63) is 35.9 Å². The van der Waals surface area contributed by atoms with Gasteiger partial charge in [-0.25, -0.2) is 0 Å². The maximum atomic E-state index is 10.8. The molecule has 4 heteroatoms. The number of aliphatic carboxylic acids is 1. The highest BCUT2D eigenvalue weighted by Crippen LogP contribution is 2.36. The highest BCUT2D eigenvalue weighted by molar-refractivity contribution is 5.79. The van der Waals surface area contributed by atoms with Gasteiger partial charge in [-0.05, 0) is 24.3 Å². The summed E-state index contributed by atoms with van der Waals surface area (Å²) >= 11 is 0. The lowest BCUT2D eigenvalue weighted by molar-refractivity contribution is -0.150. The number of carboxylic acid groups (broad SMARTS) is 1. The summed E-state index contributed by atoms with van der Waals surface area (Å²) < 4.78 is 5.55. The number of rotatable bonds is 5. The van der Waals surface area contributed by atoms with Gasteiger partial charge in [-0.2, -0.15) is 0 Å². The van der Waals surface area contributed by atoms with Crippen LogP contribution in [0.3, 0.4) is 0 Å². The average Bonchev–Trinajstić information content (AvgIpc) is 2.27. The molecule has 3 N–H and O–H groups in total. The summed E-state index contributed by atoms with van der Waals surface area (Å²) in [7, 11) is 0. The maximum absolute atomic E-state index is 10.8. The van der Waals surface area contributed by atoms with Crippen molar-refractivity contribution in [1.29, 1.82) is 0 Å². The lowest BCUT2D eigenvalue weighted by Crippen LogP contribution is -2.58. The Labute approximate surface area is 100 Å². The Morgan fingerprint density at radius 3 is 2.65 bits per heavy atom. The molecule has 0 amide bonds. The van der Waals surface area contributed by atoms with Crippen molar-refractivity contribution in [3.8, 4) is 0 Å². The number of benzene rings is 1. The Kier molecular flexibility index (Phi) is 3.45. The maximum Gasteiger partial charge on any atom is 0.323 e. The molecule has 0 spiro atoms. The normalized spacial score (nSPS) is 27.5. The van der Waals surface area contributed by atoms with E-state index in [4.69, 9.17) is 15.6 Å². The van der Waals surface area contributed by atoms with Crippen LogP contribution < -0.4 is 5.73 Å². The minimum Gasteiger partial charge on any atom is -0.480 e. The monoisotopic (exact) mass is 235 g/mol. The zero-order valence-electron chi connectivity index (χ0n) is 9.63. The molecular formula is C13H17NO3. The summed E-state index contributed by atoms with van der Waals surface area (Å²) in [5.74, 6) is -0.628. The van der Waals surface area contributed by atoms with Gasteiger partial charge >= 0.3 is 5.97 Å². The van der Waals surface area contributed by atoms with Gasteiger partial charge in [0.2, 0.25) is 0 Å². The smallest absolute Gasteiger partial charge is 0.323 e. The van der Waals surface area contributed by atoms with Crippen LogP contribution in [-0.4, -0.2) is 23.2 Å². The molecule has 0 saturated heterocycles. The van der Waals surface area contributed by atoms with Crippen LogP contribution in [0.2, 0.25) is 0 Å². The molecule has 0 aromatic heterocycles. The molecule has 1 aromatic rings. The van der Waals surface area contributed by atoms with Crippen LogP contribution in [-0.2, 0) is 16.1 Å². The molecule has 0 unspecified atom stereocenters. The van der Waals surface area contributed by atoms with E-state index in [0.717, 1.165) is 5.56 Å². The molecule has 1 saturated carbocycles. The van der Waals surface area contributed by atoms with Gasteiger partial charge in [0.25, 0.3) is 0 Å². The molecule has 0 heterocycles. The largest absolute Gasteiger partial charge is 0.480 e. The van der Waals surface area contributed by atoms with Crippen molar-refractivity contribution in [2.45, 2.75) is 25.0 Å². The number of ether oxygens (including phenoxy) is 1. The minimum absolute atomic E-state index is 0.278. The van der Waals surface area contributed by atoms with Crippen LogP contribution in [0.25, 0.3) is 0 Å². The standard InChI is InChI=1S/C13H17NO3/c14-13(12(15)16)6-11(7-13)9-17-8-10-4-2-1-3-5-10/h1-5,11H,6-9,14H2,(H,15,16)/t11-,13+. The molecule has 1 fully saturated rings. The first-order valence-corrected chi connectivity index (χ1v) is 5.74. The van der Waals surface area contributed by atoms with Crippen LogP contribution >= 0.6 is 0 Å². The molecule has 17 heavy (non-hydrogen) atoms. The summed E-state index contributed by atoms with van der Waals surface area (Å²) in [6, 6.07) is 9.91. The Morgan fingerprint density at radius 2 is 2.06 bits per heavy atom. The second-order valence-electron chi connectivity index (χ2n) is 4.74. The quantitative estimate of drug-likeness (QED) is 0.809. The molecule has 1 aromatic carbocycles. The van der Waals surface area contributed by atoms with Gasteiger partial charge in [0.1, 0.15) is 5.54 Å². The van der Waals surface area contributed by atoms with Gasteiger partial charge in [-0.3, -0.25) is 4.79 Å². The van der Waals surface area contributed by atoms with Gasteiger partial charge in [0, 0.05) is 0 Å². The van der Waals surface area contributed by atoms with E-state index >= 15 is 0 Å². The number of carboxylic acids is 1. The lowest BCUT2D eigenvalue weighted by Gasteiger charge is -2.41. The second kappa shape index (κ2) is 4.85. The summed E-state index contributed by atoms with van der Waals surface area (Å²) in [5.41, 5.74) is 5.78. The van der Waals surface area contributed by atoms with Crippen molar-refractivity contribution in [2.24, 2.45) is 11.7 Å². The number of carbonyl (C=O) groups is 1. The van der Waals surface area contributed by atoms with E-state index in [1.165, 1.54) is 0 Å². The summed E-state index contributed by atoms with van der Waals surface area (Å²) in [6.07, 6.45) is 1.02. The third-order valence-corrected chi connectivity index (χ3v) is 3.20. The van der Waals surface area contributed by atoms with Gasteiger partial charge in [-0.1, -0.05) is 30.3 Å². The first kappa shape index (κ1) is 12.1. The van der Waals surface area contributed by atoms with Crippen LogP contribution in [0.4, 0.5) is 0 Å². The second-order valence-corrected chi connectivity index (χ2v) is 4.74. The van der Waals surface area contributed by atoms with Gasteiger partial charge in [0.15, 0.2) is 0 Å². The van der Waals surface area contributed by atoms with Crippen LogP contribution in [0.1, 0.15) is 18.4 Å². The number of hydrogen-bond acceptors (Lipinski definition) is 3. The first-order valence-electron chi connectivity index (χ1n) is 5.74. The third-order valence-electron chi connectivity index (χ3n) is 3.20. The van der Waals surface area contributed by atoms with Crippen molar-refractivity contribution in [2.75, 3.05) is 6.61 Å². The summed E-state index contributed by atoms with van der Waals surface area (Å²) in [5, 5.41) is 8.85. The molecule has 0 bridgehead atoms. The van der Waals surface area contributed by atoms with Gasteiger partial charge in [-0.15, -0.1) is 0 Å². The fourth-order valence-corrected chi connectivity index (χ4v) is 2.18. The van der Waals surface area contributed by atoms with Crippen LogP contribution in [0.5, 0.6) is 0 Å². The molecule has 1 aliphatic rings. The highest BCUT2D eigenvalue weighted by atomic mass is 16.5. The molecule has 4 nitrogen and oxygen atoms in total. The Balaban J connectivity index is 1.67. The zero-order chi connectivity index (χ0) is 12.3. The molecule has 1 aliphatic carbocycles. The minimum atomic E-state index is -1.01. The van der Waals surface area contributed by atoms with Crippen LogP contribution in [0, 0.1) is 5.92 Å².